The summed E-state index contributed by atoms with van der Waals surface area (Å²) in [4.78, 5) is 2.14. The molecule has 0 fully saturated rings. The Morgan fingerprint density at radius 3 is 2.56 bits per heavy atom. The van der Waals surface area contributed by atoms with Crippen molar-refractivity contribution >= 4 is 0 Å². The van der Waals surface area contributed by atoms with Crippen molar-refractivity contribution in [2.45, 2.75) is 19.9 Å². The summed E-state index contributed by atoms with van der Waals surface area (Å²) >= 11 is 0. The van der Waals surface area contributed by atoms with Gasteiger partial charge in [-0.1, -0.05) is 13.0 Å². The number of nitrogens with zero attached hydrogens (tertiary/aromatic N) is 1. The summed E-state index contributed by atoms with van der Waals surface area (Å²) in [5.41, 5.74) is 2.18. The van der Waals surface area contributed by atoms with Crippen LogP contribution in [0.25, 0.3) is 0 Å². The Bertz CT molecular complexity index is 337. The highest BCUT2D eigenvalue weighted by molar-refractivity contribution is 5.29. The van der Waals surface area contributed by atoms with Gasteiger partial charge in [0.05, 0.1) is 0 Å². The van der Waals surface area contributed by atoms with E-state index in [9.17, 15) is 4.39 Å². The van der Waals surface area contributed by atoms with Crippen molar-refractivity contribution in [3.8, 4) is 0 Å². The van der Waals surface area contributed by atoms with Gasteiger partial charge in [0.15, 0.2) is 0 Å². The molecule has 1 atom stereocenters. The van der Waals surface area contributed by atoms with Gasteiger partial charge in [-0.15, -0.1) is 0 Å². The van der Waals surface area contributed by atoms with E-state index in [-0.39, 0.29) is 11.9 Å². The molecule has 1 rings (SSSR count). The van der Waals surface area contributed by atoms with Crippen molar-refractivity contribution in [1.82, 2.24) is 10.2 Å². The van der Waals surface area contributed by atoms with E-state index in [4.69, 9.17) is 0 Å². The minimum Gasteiger partial charge on any atom is -0.309 e. The van der Waals surface area contributed by atoms with Crippen LogP contribution in [0.1, 0.15) is 24.1 Å². The van der Waals surface area contributed by atoms with Gasteiger partial charge >= 0.3 is 0 Å². The average Bonchev–Trinajstić information content (AvgIpc) is 2.16. The van der Waals surface area contributed by atoms with Gasteiger partial charge in [-0.05, 0) is 50.8 Å². The van der Waals surface area contributed by atoms with Crippen LogP contribution in [0.5, 0.6) is 0 Å². The predicted octanol–water partition coefficient (Wildman–Crippen LogP) is 2.35. The fourth-order valence-corrected chi connectivity index (χ4v) is 1.91. The zero-order valence-corrected chi connectivity index (χ0v) is 10.5. The highest BCUT2D eigenvalue weighted by Gasteiger charge is 2.13. The highest BCUT2D eigenvalue weighted by Crippen LogP contribution is 2.19. The summed E-state index contributed by atoms with van der Waals surface area (Å²) in [6.45, 7) is 5.87. The Morgan fingerprint density at radius 1 is 1.38 bits per heavy atom. The third-order valence-corrected chi connectivity index (χ3v) is 2.61. The van der Waals surface area contributed by atoms with Gasteiger partial charge in [0.1, 0.15) is 5.82 Å². The maximum atomic E-state index is 13.0. The standard InChI is InChI=1S/C13H21FN2/c1-5-15-13(9-16(3)4)12-7-6-11(14)8-10(12)2/h6-8,13,15H,5,9H2,1-4H3. The Hall–Kier alpha value is -0.930. The molecule has 1 aromatic carbocycles. The summed E-state index contributed by atoms with van der Waals surface area (Å²) in [5, 5.41) is 3.43. The molecule has 1 aromatic rings. The molecule has 16 heavy (non-hydrogen) atoms. The van der Waals surface area contributed by atoms with Gasteiger partial charge in [-0.3, -0.25) is 0 Å². The number of aryl methyl sites for hydroxylation is 1. The van der Waals surface area contributed by atoms with E-state index in [2.05, 4.69) is 17.1 Å². The maximum Gasteiger partial charge on any atom is 0.123 e. The summed E-state index contributed by atoms with van der Waals surface area (Å²) in [5.74, 6) is -0.165. The Morgan fingerprint density at radius 2 is 2.06 bits per heavy atom. The number of hydrogen-bond donors (Lipinski definition) is 1. The van der Waals surface area contributed by atoms with Crippen LogP contribution in [-0.2, 0) is 0 Å². The second kappa shape index (κ2) is 5.97. The van der Waals surface area contributed by atoms with E-state index >= 15 is 0 Å². The highest BCUT2D eigenvalue weighted by atomic mass is 19.1. The van der Waals surface area contributed by atoms with Gasteiger partial charge in [0, 0.05) is 12.6 Å². The zero-order valence-electron chi connectivity index (χ0n) is 10.5. The molecule has 0 saturated carbocycles. The van der Waals surface area contributed by atoms with Gasteiger partial charge in [0.25, 0.3) is 0 Å². The van der Waals surface area contributed by atoms with Crippen LogP contribution in [0.4, 0.5) is 4.39 Å². The fraction of sp³-hybridized carbons (Fsp3) is 0.538. The van der Waals surface area contributed by atoms with Crippen molar-refractivity contribution in [3.63, 3.8) is 0 Å². The van der Waals surface area contributed by atoms with Crippen LogP contribution in [0.3, 0.4) is 0 Å². The second-order valence-electron chi connectivity index (χ2n) is 4.37. The molecule has 0 aliphatic carbocycles. The van der Waals surface area contributed by atoms with E-state index in [1.807, 2.05) is 27.1 Å². The summed E-state index contributed by atoms with van der Waals surface area (Å²) in [6, 6.07) is 5.26. The largest absolute Gasteiger partial charge is 0.309 e. The lowest BCUT2D eigenvalue weighted by Gasteiger charge is -2.23. The van der Waals surface area contributed by atoms with Crippen molar-refractivity contribution in [2.24, 2.45) is 0 Å². The molecule has 0 heterocycles. The topological polar surface area (TPSA) is 15.3 Å². The lowest BCUT2D eigenvalue weighted by atomic mass is 10.0. The molecule has 0 radical (unpaired) electrons. The minimum absolute atomic E-state index is 0.165. The first-order chi connectivity index (χ1) is 7.54. The van der Waals surface area contributed by atoms with Gasteiger partial charge in [0.2, 0.25) is 0 Å². The molecule has 0 saturated heterocycles. The first-order valence-corrected chi connectivity index (χ1v) is 5.68. The molecule has 3 heteroatoms. The number of rotatable bonds is 5. The van der Waals surface area contributed by atoms with Gasteiger partial charge in [-0.25, -0.2) is 4.39 Å². The van der Waals surface area contributed by atoms with Crippen LogP contribution in [-0.4, -0.2) is 32.1 Å². The summed E-state index contributed by atoms with van der Waals surface area (Å²) in [7, 11) is 4.09. The quantitative estimate of drug-likeness (QED) is 0.826. The Kier molecular flexibility index (Phi) is 4.90. The van der Waals surface area contributed by atoms with Crippen molar-refractivity contribution in [2.75, 3.05) is 27.2 Å². The first kappa shape index (κ1) is 13.1. The number of benzene rings is 1. The molecule has 0 aliphatic rings. The predicted molar refractivity (Wildman–Crippen MR) is 66.1 cm³/mol. The van der Waals surface area contributed by atoms with Crippen molar-refractivity contribution in [1.29, 1.82) is 0 Å². The second-order valence-corrected chi connectivity index (χ2v) is 4.37. The van der Waals surface area contributed by atoms with Crippen LogP contribution < -0.4 is 5.32 Å². The molecule has 0 aliphatic heterocycles. The van der Waals surface area contributed by atoms with Crippen LogP contribution in [0.2, 0.25) is 0 Å². The van der Waals surface area contributed by atoms with E-state index in [1.54, 1.807) is 6.07 Å². The van der Waals surface area contributed by atoms with Crippen LogP contribution in [0, 0.1) is 12.7 Å². The fourth-order valence-electron chi connectivity index (χ4n) is 1.91. The molecular weight excluding hydrogens is 203 g/mol. The number of hydrogen-bond acceptors (Lipinski definition) is 2. The van der Waals surface area contributed by atoms with Crippen LogP contribution >= 0.6 is 0 Å². The number of halogens is 1. The monoisotopic (exact) mass is 224 g/mol. The molecule has 0 bridgehead atoms. The molecular formula is C13H21FN2. The van der Waals surface area contributed by atoms with Crippen molar-refractivity contribution in [3.05, 3.63) is 35.1 Å². The summed E-state index contributed by atoms with van der Waals surface area (Å²) < 4.78 is 13.0. The Balaban J connectivity index is 2.91. The van der Waals surface area contributed by atoms with E-state index in [0.717, 1.165) is 18.7 Å². The lowest BCUT2D eigenvalue weighted by Crippen LogP contribution is -2.31. The molecule has 1 unspecified atom stereocenters. The molecule has 90 valence electrons. The third-order valence-electron chi connectivity index (χ3n) is 2.61. The molecule has 1 N–H and O–H groups in total. The average molecular weight is 224 g/mol. The van der Waals surface area contributed by atoms with Gasteiger partial charge in [-0.2, -0.15) is 0 Å². The van der Waals surface area contributed by atoms with Crippen LogP contribution in [0.15, 0.2) is 18.2 Å². The van der Waals surface area contributed by atoms with Crippen molar-refractivity contribution < 1.29 is 4.39 Å². The molecule has 2 nitrogen and oxygen atoms in total. The van der Waals surface area contributed by atoms with Gasteiger partial charge < -0.3 is 10.2 Å². The zero-order chi connectivity index (χ0) is 12.1. The smallest absolute Gasteiger partial charge is 0.123 e. The maximum absolute atomic E-state index is 13.0. The number of nitrogens with one attached hydrogen (secondary N) is 1. The Labute approximate surface area is 97.5 Å². The van der Waals surface area contributed by atoms with E-state index in [1.165, 1.54) is 11.6 Å². The summed E-state index contributed by atoms with van der Waals surface area (Å²) in [6.07, 6.45) is 0. The third kappa shape index (κ3) is 3.58. The molecule has 0 spiro atoms. The minimum atomic E-state index is -0.165. The molecule has 0 aromatic heterocycles. The SMILES string of the molecule is CCNC(CN(C)C)c1ccc(F)cc1C. The lowest BCUT2D eigenvalue weighted by molar-refractivity contribution is 0.344. The van der Waals surface area contributed by atoms with E-state index < -0.39 is 0 Å². The molecule has 0 amide bonds. The number of likely N-dealkylation sites (N-methyl/N-ethyl adjacent to an activating group) is 2. The van der Waals surface area contributed by atoms with E-state index in [0.29, 0.717) is 0 Å². The first-order valence-electron chi connectivity index (χ1n) is 5.68. The normalized spacial score (nSPS) is 13.1.